The number of carbonyl (C=O) groups is 1. The normalized spacial score (nSPS) is 14.7. The SMILES string of the molecule is COCC1=CCN(C(=O)c2ccc(C#N)cn2)CC1. The molecule has 0 aromatic carbocycles. The van der Waals surface area contributed by atoms with E-state index < -0.39 is 0 Å². The summed E-state index contributed by atoms with van der Waals surface area (Å²) in [5.74, 6) is -0.0998. The Morgan fingerprint density at radius 1 is 1.58 bits per heavy atom. The van der Waals surface area contributed by atoms with Crippen LogP contribution in [0.4, 0.5) is 0 Å². The standard InChI is InChI=1S/C14H15N3O2/c1-19-10-11-4-6-17(7-5-11)14(18)13-3-2-12(8-15)9-16-13/h2-4,9H,5-7,10H2,1H3. The van der Waals surface area contributed by atoms with Crippen molar-refractivity contribution in [3.8, 4) is 6.07 Å². The number of rotatable bonds is 3. The number of hydrogen-bond donors (Lipinski definition) is 0. The van der Waals surface area contributed by atoms with Crippen LogP contribution < -0.4 is 0 Å². The number of carbonyl (C=O) groups excluding carboxylic acids is 1. The van der Waals surface area contributed by atoms with E-state index in [-0.39, 0.29) is 5.91 Å². The van der Waals surface area contributed by atoms with Crippen molar-refractivity contribution in [1.29, 1.82) is 5.26 Å². The van der Waals surface area contributed by atoms with Crippen molar-refractivity contribution in [2.75, 3.05) is 26.8 Å². The van der Waals surface area contributed by atoms with E-state index in [4.69, 9.17) is 10.00 Å². The van der Waals surface area contributed by atoms with Gasteiger partial charge in [0.05, 0.1) is 12.2 Å². The highest BCUT2D eigenvalue weighted by Gasteiger charge is 2.19. The van der Waals surface area contributed by atoms with Gasteiger partial charge in [0, 0.05) is 26.4 Å². The number of nitriles is 1. The van der Waals surface area contributed by atoms with Gasteiger partial charge in [0.15, 0.2) is 0 Å². The van der Waals surface area contributed by atoms with E-state index in [0.29, 0.717) is 31.0 Å². The summed E-state index contributed by atoms with van der Waals surface area (Å²) in [7, 11) is 1.67. The molecule has 1 aliphatic heterocycles. The van der Waals surface area contributed by atoms with Crippen molar-refractivity contribution in [3.63, 3.8) is 0 Å². The number of pyridine rings is 1. The van der Waals surface area contributed by atoms with Crippen molar-refractivity contribution in [2.45, 2.75) is 6.42 Å². The van der Waals surface area contributed by atoms with E-state index in [9.17, 15) is 4.79 Å². The molecule has 0 spiro atoms. The minimum absolute atomic E-state index is 0.0998. The first kappa shape index (κ1) is 13.2. The van der Waals surface area contributed by atoms with E-state index in [2.05, 4.69) is 4.98 Å². The first-order valence-electron chi connectivity index (χ1n) is 6.07. The van der Waals surface area contributed by atoms with Gasteiger partial charge in [0.2, 0.25) is 0 Å². The zero-order valence-electron chi connectivity index (χ0n) is 10.8. The lowest BCUT2D eigenvalue weighted by Crippen LogP contribution is -2.35. The Labute approximate surface area is 112 Å². The zero-order chi connectivity index (χ0) is 13.7. The van der Waals surface area contributed by atoms with Crippen LogP contribution in [0.5, 0.6) is 0 Å². The third-order valence-corrected chi connectivity index (χ3v) is 3.03. The molecule has 1 aromatic rings. The van der Waals surface area contributed by atoms with Crippen LogP contribution in [0.2, 0.25) is 0 Å². The highest BCUT2D eigenvalue weighted by Crippen LogP contribution is 2.13. The van der Waals surface area contributed by atoms with Gasteiger partial charge in [0.25, 0.3) is 5.91 Å². The van der Waals surface area contributed by atoms with Gasteiger partial charge >= 0.3 is 0 Å². The third kappa shape index (κ3) is 3.18. The molecule has 0 bridgehead atoms. The zero-order valence-corrected chi connectivity index (χ0v) is 10.8. The maximum absolute atomic E-state index is 12.2. The van der Waals surface area contributed by atoms with Crippen molar-refractivity contribution in [3.05, 3.63) is 41.2 Å². The van der Waals surface area contributed by atoms with Gasteiger partial charge in [0.1, 0.15) is 11.8 Å². The Hall–Kier alpha value is -2.19. The molecule has 19 heavy (non-hydrogen) atoms. The number of methoxy groups -OCH3 is 1. The largest absolute Gasteiger partial charge is 0.380 e. The lowest BCUT2D eigenvalue weighted by molar-refractivity contribution is 0.0759. The summed E-state index contributed by atoms with van der Waals surface area (Å²) in [6.07, 6.45) is 4.27. The number of nitrogens with zero attached hydrogens (tertiary/aromatic N) is 3. The number of ether oxygens (including phenoxy) is 1. The molecule has 0 atom stereocenters. The molecule has 0 saturated heterocycles. The monoisotopic (exact) mass is 257 g/mol. The number of aromatic nitrogens is 1. The fourth-order valence-electron chi connectivity index (χ4n) is 1.96. The molecule has 2 rings (SSSR count). The van der Waals surface area contributed by atoms with Crippen LogP contribution in [0, 0.1) is 11.3 Å². The minimum atomic E-state index is -0.0998. The number of amides is 1. The summed E-state index contributed by atoms with van der Waals surface area (Å²) in [5, 5.41) is 8.69. The molecular formula is C14H15N3O2. The van der Waals surface area contributed by atoms with Crippen LogP contribution in [-0.2, 0) is 4.74 Å². The smallest absolute Gasteiger partial charge is 0.272 e. The second-order valence-electron chi connectivity index (χ2n) is 4.34. The Balaban J connectivity index is 2.03. The Morgan fingerprint density at radius 2 is 2.42 bits per heavy atom. The second kappa shape index (κ2) is 6.12. The summed E-state index contributed by atoms with van der Waals surface area (Å²) in [6, 6.07) is 5.18. The summed E-state index contributed by atoms with van der Waals surface area (Å²) in [4.78, 5) is 17.9. The molecule has 5 nitrogen and oxygen atoms in total. The fraction of sp³-hybridized carbons (Fsp3) is 0.357. The van der Waals surface area contributed by atoms with Gasteiger partial charge in [-0.05, 0) is 24.1 Å². The molecule has 0 N–H and O–H groups in total. The molecule has 1 amide bonds. The topological polar surface area (TPSA) is 66.2 Å². The highest BCUT2D eigenvalue weighted by atomic mass is 16.5. The quantitative estimate of drug-likeness (QED) is 0.767. The average Bonchev–Trinajstić information content (AvgIpc) is 2.48. The first-order valence-corrected chi connectivity index (χ1v) is 6.07. The average molecular weight is 257 g/mol. The lowest BCUT2D eigenvalue weighted by Gasteiger charge is -2.26. The fourth-order valence-corrected chi connectivity index (χ4v) is 1.96. The van der Waals surface area contributed by atoms with E-state index in [1.54, 1.807) is 24.1 Å². The predicted molar refractivity (Wildman–Crippen MR) is 69.4 cm³/mol. The van der Waals surface area contributed by atoms with Gasteiger partial charge in [-0.3, -0.25) is 4.79 Å². The minimum Gasteiger partial charge on any atom is -0.380 e. The van der Waals surface area contributed by atoms with Crippen LogP contribution in [0.1, 0.15) is 22.5 Å². The van der Waals surface area contributed by atoms with Gasteiger partial charge in [-0.2, -0.15) is 5.26 Å². The molecule has 0 unspecified atom stereocenters. The molecule has 0 radical (unpaired) electrons. The molecule has 0 aliphatic carbocycles. The van der Waals surface area contributed by atoms with Gasteiger partial charge < -0.3 is 9.64 Å². The van der Waals surface area contributed by atoms with Crippen LogP contribution in [-0.4, -0.2) is 42.6 Å². The Bertz CT molecular complexity index is 529. The molecule has 2 heterocycles. The summed E-state index contributed by atoms with van der Waals surface area (Å²) < 4.78 is 5.07. The summed E-state index contributed by atoms with van der Waals surface area (Å²) in [6.45, 7) is 1.88. The van der Waals surface area contributed by atoms with Crippen molar-refractivity contribution in [1.82, 2.24) is 9.88 Å². The van der Waals surface area contributed by atoms with E-state index in [1.165, 1.54) is 11.8 Å². The Morgan fingerprint density at radius 3 is 2.95 bits per heavy atom. The van der Waals surface area contributed by atoms with Gasteiger partial charge in [-0.1, -0.05) is 6.08 Å². The maximum atomic E-state index is 12.2. The summed E-state index contributed by atoms with van der Waals surface area (Å²) in [5.41, 5.74) is 2.05. The van der Waals surface area contributed by atoms with E-state index in [0.717, 1.165) is 6.42 Å². The van der Waals surface area contributed by atoms with E-state index >= 15 is 0 Å². The lowest BCUT2D eigenvalue weighted by atomic mass is 10.1. The number of hydrogen-bond acceptors (Lipinski definition) is 4. The molecular weight excluding hydrogens is 242 g/mol. The van der Waals surface area contributed by atoms with Crippen LogP contribution in [0.15, 0.2) is 30.0 Å². The van der Waals surface area contributed by atoms with Gasteiger partial charge in [-0.15, -0.1) is 0 Å². The van der Waals surface area contributed by atoms with Crippen LogP contribution >= 0.6 is 0 Å². The van der Waals surface area contributed by atoms with Crippen molar-refractivity contribution in [2.24, 2.45) is 0 Å². The molecule has 1 aromatic heterocycles. The highest BCUT2D eigenvalue weighted by molar-refractivity contribution is 5.92. The van der Waals surface area contributed by atoms with Gasteiger partial charge in [-0.25, -0.2) is 4.98 Å². The second-order valence-corrected chi connectivity index (χ2v) is 4.34. The molecule has 0 fully saturated rings. The molecule has 98 valence electrons. The summed E-state index contributed by atoms with van der Waals surface area (Å²) >= 11 is 0. The van der Waals surface area contributed by atoms with E-state index in [1.807, 2.05) is 12.1 Å². The Kier molecular flexibility index (Phi) is 4.26. The third-order valence-electron chi connectivity index (χ3n) is 3.03. The van der Waals surface area contributed by atoms with Crippen LogP contribution in [0.25, 0.3) is 0 Å². The molecule has 0 saturated carbocycles. The van der Waals surface area contributed by atoms with Crippen LogP contribution in [0.3, 0.4) is 0 Å². The molecule has 1 aliphatic rings. The maximum Gasteiger partial charge on any atom is 0.272 e. The van der Waals surface area contributed by atoms with Crippen molar-refractivity contribution >= 4 is 5.91 Å². The molecule has 5 heteroatoms. The first-order chi connectivity index (χ1) is 9.24. The van der Waals surface area contributed by atoms with Crippen molar-refractivity contribution < 1.29 is 9.53 Å². The predicted octanol–water partition coefficient (Wildman–Crippen LogP) is 1.37.